The topological polar surface area (TPSA) is 143 Å². The van der Waals surface area contributed by atoms with Crippen molar-refractivity contribution in [2.75, 3.05) is 20.3 Å². The third-order valence-corrected chi connectivity index (χ3v) is 7.20. The van der Waals surface area contributed by atoms with Gasteiger partial charge in [-0.25, -0.2) is 4.79 Å². The molecule has 4 N–H and O–H groups in total. The number of hydrogen-bond acceptors (Lipinski definition) is 9. The van der Waals surface area contributed by atoms with Crippen LogP contribution in [0.1, 0.15) is 19.8 Å². The van der Waals surface area contributed by atoms with E-state index in [1.54, 1.807) is 6.92 Å². The maximum Gasteiger partial charge on any atom is 0.336 e. The number of carbonyl (C=O) groups excluding carboxylic acids is 2. The number of carbonyl (C=O) groups is 2. The second kappa shape index (κ2) is 4.72. The molecule has 8 atom stereocenters. The highest BCUT2D eigenvalue weighted by atomic mass is 16.6. The van der Waals surface area contributed by atoms with E-state index < -0.39 is 64.8 Å². The third kappa shape index (κ3) is 1.43. The summed E-state index contributed by atoms with van der Waals surface area (Å²) in [6.07, 6.45) is -4.36. The van der Waals surface area contributed by atoms with Crippen molar-refractivity contribution < 1.29 is 44.2 Å². The predicted octanol–water partition coefficient (Wildman–Crippen LogP) is -2.28. The molecule has 4 fully saturated rings. The molecule has 25 heavy (non-hydrogen) atoms. The van der Waals surface area contributed by atoms with Crippen LogP contribution in [0.25, 0.3) is 0 Å². The van der Waals surface area contributed by atoms with E-state index in [4.69, 9.17) is 14.2 Å². The summed E-state index contributed by atoms with van der Waals surface area (Å²) in [6, 6.07) is 0. The summed E-state index contributed by atoms with van der Waals surface area (Å²) in [5.74, 6) is -2.38. The minimum atomic E-state index is -2.25. The molecule has 0 aromatic carbocycles. The average Bonchev–Trinajstić information content (AvgIpc) is 2.72. The molecule has 2 saturated carbocycles. The zero-order valence-corrected chi connectivity index (χ0v) is 14.0. The fourth-order valence-corrected chi connectivity index (χ4v) is 5.94. The average molecular weight is 358 g/mol. The van der Waals surface area contributed by atoms with E-state index in [-0.39, 0.29) is 19.4 Å². The highest BCUT2D eigenvalue weighted by molar-refractivity contribution is 5.88. The number of methoxy groups -OCH3 is 1. The summed E-state index contributed by atoms with van der Waals surface area (Å²) in [7, 11) is 1.30. The van der Waals surface area contributed by atoms with E-state index >= 15 is 0 Å². The zero-order valence-electron chi connectivity index (χ0n) is 14.0. The molecule has 2 aliphatic carbocycles. The Hall–Kier alpha value is -1.26. The van der Waals surface area contributed by atoms with Crippen LogP contribution < -0.4 is 0 Å². The van der Waals surface area contributed by atoms with Crippen LogP contribution in [-0.2, 0) is 23.8 Å². The summed E-state index contributed by atoms with van der Waals surface area (Å²) in [5, 5.41) is 44.4. The quantitative estimate of drug-likeness (QED) is 0.401. The van der Waals surface area contributed by atoms with Crippen LogP contribution in [-0.4, -0.2) is 82.2 Å². The predicted molar refractivity (Wildman–Crippen MR) is 77.9 cm³/mol. The molecule has 0 aromatic heterocycles. The van der Waals surface area contributed by atoms with E-state index in [1.807, 2.05) is 0 Å². The molecule has 0 aromatic rings. The number of aliphatic hydroxyl groups excluding tert-OH is 2. The summed E-state index contributed by atoms with van der Waals surface area (Å²) >= 11 is 0. The van der Waals surface area contributed by atoms with Crippen LogP contribution in [0.3, 0.4) is 0 Å². The van der Waals surface area contributed by atoms with E-state index in [0.717, 1.165) is 0 Å². The van der Waals surface area contributed by atoms with Gasteiger partial charge in [0.1, 0.15) is 23.9 Å². The molecule has 9 nitrogen and oxygen atoms in total. The van der Waals surface area contributed by atoms with Crippen LogP contribution in [0, 0.1) is 16.7 Å². The first-order valence-corrected chi connectivity index (χ1v) is 8.31. The van der Waals surface area contributed by atoms with Crippen LogP contribution in [0.2, 0.25) is 0 Å². The van der Waals surface area contributed by atoms with Crippen LogP contribution in [0.15, 0.2) is 0 Å². The van der Waals surface area contributed by atoms with Crippen LogP contribution in [0.4, 0.5) is 0 Å². The van der Waals surface area contributed by atoms with Gasteiger partial charge in [0, 0.05) is 12.5 Å². The Kier molecular flexibility index (Phi) is 3.24. The number of hydrogen-bond donors (Lipinski definition) is 4. The molecule has 4 aliphatic rings. The minimum Gasteiger partial charge on any atom is -0.464 e. The number of aliphatic hydroxyl groups is 4. The maximum atomic E-state index is 12.6. The SMILES string of the molecule is COCC1(O)C2CC3(C(C)CC(O)C3(O)C13COC3=O)C(O)C(=O)O2. The van der Waals surface area contributed by atoms with Gasteiger partial charge >= 0.3 is 11.9 Å². The lowest BCUT2D eigenvalue weighted by Gasteiger charge is -2.69. The van der Waals surface area contributed by atoms with Gasteiger partial charge in [0.2, 0.25) is 0 Å². The molecule has 2 heterocycles. The van der Waals surface area contributed by atoms with E-state index in [2.05, 4.69) is 0 Å². The molecule has 2 saturated heterocycles. The van der Waals surface area contributed by atoms with Crippen molar-refractivity contribution in [3.05, 3.63) is 0 Å². The van der Waals surface area contributed by atoms with E-state index in [0.29, 0.717) is 0 Å². The van der Waals surface area contributed by atoms with Gasteiger partial charge in [-0.3, -0.25) is 4.79 Å². The first-order valence-electron chi connectivity index (χ1n) is 8.31. The Morgan fingerprint density at radius 1 is 1.28 bits per heavy atom. The van der Waals surface area contributed by atoms with E-state index in [9.17, 15) is 30.0 Å². The van der Waals surface area contributed by atoms with Gasteiger partial charge in [-0.1, -0.05) is 6.92 Å². The summed E-state index contributed by atoms with van der Waals surface area (Å²) in [5.41, 5.74) is -7.82. The standard InChI is InChI=1S/C16H22O9/c1-7-3-8(17)16(22)13(7)4-9(25-11(19)10(13)18)15(21,6-23-2)14(16)5-24-12(14)20/h7-10,17-18,21-22H,3-6H2,1-2H3. The van der Waals surface area contributed by atoms with Crippen molar-refractivity contribution in [2.45, 2.75) is 49.3 Å². The molecule has 9 heteroatoms. The van der Waals surface area contributed by atoms with Gasteiger partial charge in [0.05, 0.1) is 12.7 Å². The fourth-order valence-electron chi connectivity index (χ4n) is 5.94. The first-order chi connectivity index (χ1) is 11.6. The Bertz CT molecular complexity index is 652. The van der Waals surface area contributed by atoms with Crippen molar-refractivity contribution in [2.24, 2.45) is 16.7 Å². The highest BCUT2D eigenvalue weighted by Gasteiger charge is 2.90. The van der Waals surface area contributed by atoms with Crippen LogP contribution >= 0.6 is 0 Å². The van der Waals surface area contributed by atoms with E-state index in [1.165, 1.54) is 7.11 Å². The Labute approximate surface area is 143 Å². The molecule has 4 rings (SSSR count). The van der Waals surface area contributed by atoms with Gasteiger partial charge in [-0.2, -0.15) is 0 Å². The van der Waals surface area contributed by atoms with Gasteiger partial charge in [-0.05, 0) is 18.8 Å². The molecule has 2 bridgehead atoms. The zero-order chi connectivity index (χ0) is 18.4. The normalized spacial score (nSPS) is 56.9. The molecule has 2 aliphatic heterocycles. The molecular formula is C16H22O9. The minimum absolute atomic E-state index is 0.0612. The Balaban J connectivity index is 2.02. The smallest absolute Gasteiger partial charge is 0.336 e. The summed E-state index contributed by atoms with van der Waals surface area (Å²) in [4.78, 5) is 24.9. The maximum absolute atomic E-state index is 12.6. The molecule has 0 radical (unpaired) electrons. The molecule has 2 spiro atoms. The number of cyclic esters (lactones) is 1. The lowest BCUT2D eigenvalue weighted by atomic mass is 9.41. The van der Waals surface area contributed by atoms with Crippen molar-refractivity contribution in [1.29, 1.82) is 0 Å². The van der Waals surface area contributed by atoms with Crippen LogP contribution in [0.5, 0.6) is 0 Å². The molecule has 8 unspecified atom stereocenters. The summed E-state index contributed by atoms with van der Waals surface area (Å²) in [6.45, 7) is 0.919. The number of rotatable bonds is 2. The molecule has 140 valence electrons. The van der Waals surface area contributed by atoms with Crippen molar-refractivity contribution in [3.8, 4) is 0 Å². The first kappa shape index (κ1) is 17.2. The third-order valence-electron chi connectivity index (χ3n) is 7.20. The van der Waals surface area contributed by atoms with Crippen molar-refractivity contribution in [3.63, 3.8) is 0 Å². The van der Waals surface area contributed by atoms with Crippen molar-refractivity contribution >= 4 is 11.9 Å². The number of fused-ring (bicyclic) bond motifs is 2. The molecule has 0 amide bonds. The van der Waals surface area contributed by atoms with Gasteiger partial charge in [0.15, 0.2) is 11.5 Å². The lowest BCUT2D eigenvalue weighted by Crippen LogP contribution is -2.89. The number of ether oxygens (including phenoxy) is 3. The Morgan fingerprint density at radius 3 is 2.48 bits per heavy atom. The fraction of sp³-hybridized carbons (Fsp3) is 0.875. The monoisotopic (exact) mass is 358 g/mol. The molecular weight excluding hydrogens is 336 g/mol. The summed E-state index contributed by atoms with van der Waals surface area (Å²) < 4.78 is 15.2. The van der Waals surface area contributed by atoms with Gasteiger partial charge in [0.25, 0.3) is 0 Å². The highest BCUT2D eigenvalue weighted by Crippen LogP contribution is 2.72. The number of esters is 2. The second-order valence-corrected chi connectivity index (χ2v) is 7.83. The largest absolute Gasteiger partial charge is 0.464 e. The van der Waals surface area contributed by atoms with Gasteiger partial charge < -0.3 is 34.6 Å². The lowest BCUT2D eigenvalue weighted by molar-refractivity contribution is -0.380. The van der Waals surface area contributed by atoms with Gasteiger partial charge in [-0.15, -0.1) is 0 Å². The van der Waals surface area contributed by atoms with Crippen molar-refractivity contribution in [1.82, 2.24) is 0 Å². The second-order valence-electron chi connectivity index (χ2n) is 7.83. The Morgan fingerprint density at radius 2 is 1.96 bits per heavy atom.